The Morgan fingerprint density at radius 3 is 2.61 bits per heavy atom. The van der Waals surface area contributed by atoms with Crippen molar-refractivity contribution in [3.8, 4) is 17.2 Å². The highest BCUT2D eigenvalue weighted by Crippen LogP contribution is 2.34. The lowest BCUT2D eigenvalue weighted by molar-refractivity contribution is -0.134. The van der Waals surface area contributed by atoms with Crippen molar-refractivity contribution in [1.82, 2.24) is 19.4 Å². The Bertz CT molecular complexity index is 1640. The van der Waals surface area contributed by atoms with Crippen LogP contribution < -0.4 is 24.2 Å². The van der Waals surface area contributed by atoms with Crippen LogP contribution in [0, 0.1) is 5.92 Å². The minimum atomic E-state index is -3.98. The lowest BCUT2D eigenvalue weighted by atomic mass is 10.0. The first kappa shape index (κ1) is 30.9. The van der Waals surface area contributed by atoms with Gasteiger partial charge in [0.05, 0.1) is 31.9 Å². The predicted molar refractivity (Wildman–Crippen MR) is 160 cm³/mol. The number of carbonyl (C=O) groups is 2. The Labute approximate surface area is 255 Å². The van der Waals surface area contributed by atoms with Crippen molar-refractivity contribution in [2.75, 3.05) is 43.6 Å². The molecule has 2 aliphatic heterocycles. The van der Waals surface area contributed by atoms with Gasteiger partial charge in [-0.2, -0.15) is 8.42 Å². The number of nitrogens with one attached hydrogen (secondary N) is 2. The lowest BCUT2D eigenvalue weighted by Gasteiger charge is -2.34. The molecule has 0 saturated heterocycles. The number of carbonyl (C=O) groups excluding carboxylic acids is 2. The molecule has 14 nitrogen and oxygen atoms in total. The summed E-state index contributed by atoms with van der Waals surface area (Å²) in [6, 6.07) is 8.98. The summed E-state index contributed by atoms with van der Waals surface area (Å²) in [4.78, 5) is 33.6. The Morgan fingerprint density at radius 1 is 1.16 bits per heavy atom. The van der Waals surface area contributed by atoms with Crippen LogP contribution in [0.5, 0.6) is 17.2 Å². The maximum Gasteiger partial charge on any atom is 0.321 e. The van der Waals surface area contributed by atoms with Gasteiger partial charge in [0.1, 0.15) is 11.9 Å². The highest BCUT2D eigenvalue weighted by Gasteiger charge is 2.32. The first-order valence-corrected chi connectivity index (χ1v) is 15.5. The van der Waals surface area contributed by atoms with Crippen LogP contribution in [0.3, 0.4) is 0 Å². The summed E-state index contributed by atoms with van der Waals surface area (Å²) in [5.74, 6) is 1.04. The molecule has 0 spiro atoms. The van der Waals surface area contributed by atoms with Crippen LogP contribution in [0.25, 0.3) is 0 Å². The molecular weight excluding hydrogens is 592 g/mol. The second-order valence-corrected chi connectivity index (χ2v) is 12.7. The molecular formula is C29H36N6O8S. The van der Waals surface area contributed by atoms with Crippen molar-refractivity contribution in [2.45, 2.75) is 37.4 Å². The second kappa shape index (κ2) is 12.6. The van der Waals surface area contributed by atoms with Gasteiger partial charge in [-0.1, -0.05) is 6.92 Å². The fourth-order valence-corrected chi connectivity index (χ4v) is 6.02. The van der Waals surface area contributed by atoms with E-state index in [2.05, 4.69) is 15.0 Å². The van der Waals surface area contributed by atoms with Crippen LogP contribution in [-0.4, -0.2) is 90.5 Å². The molecule has 1 aromatic heterocycles. The zero-order valence-corrected chi connectivity index (χ0v) is 25.7. The number of anilines is 2. The van der Waals surface area contributed by atoms with Crippen molar-refractivity contribution < 1.29 is 37.3 Å². The van der Waals surface area contributed by atoms with Gasteiger partial charge < -0.3 is 39.0 Å². The molecule has 44 heavy (non-hydrogen) atoms. The monoisotopic (exact) mass is 628 g/mol. The van der Waals surface area contributed by atoms with Crippen LogP contribution in [0.15, 0.2) is 53.9 Å². The zero-order chi connectivity index (χ0) is 31.6. The van der Waals surface area contributed by atoms with E-state index in [0.29, 0.717) is 28.5 Å². The number of aromatic nitrogens is 2. The van der Waals surface area contributed by atoms with Crippen molar-refractivity contribution in [3.05, 3.63) is 54.5 Å². The van der Waals surface area contributed by atoms with Gasteiger partial charge >= 0.3 is 6.03 Å². The number of urea groups is 1. The average molecular weight is 629 g/mol. The minimum absolute atomic E-state index is 0.0846. The van der Waals surface area contributed by atoms with E-state index in [1.54, 1.807) is 62.3 Å². The third-order valence-electron chi connectivity index (χ3n) is 7.55. The van der Waals surface area contributed by atoms with Gasteiger partial charge in [0, 0.05) is 55.8 Å². The van der Waals surface area contributed by atoms with Crippen molar-refractivity contribution >= 4 is 33.3 Å². The number of rotatable bonds is 8. The third kappa shape index (κ3) is 6.83. The SMILES string of the molecule is C[C@H](CO)N1C[C@H](C)[C@@H](CN(C)C(=O)Nc2ccc3c(c2)OCO3)Oc2ccc(NS(=O)(=O)c3cn(C)cn3)cc2CC1=O. The van der Waals surface area contributed by atoms with Crippen LogP contribution in [0.4, 0.5) is 16.2 Å². The lowest BCUT2D eigenvalue weighted by Crippen LogP contribution is -2.48. The van der Waals surface area contributed by atoms with Gasteiger partial charge in [0.25, 0.3) is 10.0 Å². The van der Waals surface area contributed by atoms with Crippen LogP contribution >= 0.6 is 0 Å². The maximum atomic E-state index is 13.5. The number of fused-ring (bicyclic) bond motifs is 2. The highest BCUT2D eigenvalue weighted by molar-refractivity contribution is 7.92. The zero-order valence-electron chi connectivity index (χ0n) is 24.9. The number of benzene rings is 2. The molecule has 0 radical (unpaired) electrons. The predicted octanol–water partition coefficient (Wildman–Crippen LogP) is 2.26. The number of aliphatic hydroxyl groups excluding tert-OH is 1. The van der Waals surface area contributed by atoms with E-state index in [4.69, 9.17) is 14.2 Å². The van der Waals surface area contributed by atoms with E-state index >= 15 is 0 Å². The smallest absolute Gasteiger partial charge is 0.321 e. The first-order valence-electron chi connectivity index (χ1n) is 14.1. The Morgan fingerprint density at radius 2 is 1.89 bits per heavy atom. The molecule has 3 heterocycles. The number of nitrogens with zero attached hydrogens (tertiary/aromatic N) is 4. The number of ether oxygens (including phenoxy) is 3. The normalized spacial score (nSPS) is 18.8. The van der Waals surface area contributed by atoms with Gasteiger partial charge in [0.15, 0.2) is 16.5 Å². The molecule has 3 N–H and O–H groups in total. The molecule has 3 amide bonds. The molecule has 2 aliphatic rings. The minimum Gasteiger partial charge on any atom is -0.488 e. The second-order valence-electron chi connectivity index (χ2n) is 11.1. The fraction of sp³-hybridized carbons (Fsp3) is 0.414. The van der Waals surface area contributed by atoms with Gasteiger partial charge in [0.2, 0.25) is 12.7 Å². The quantitative estimate of drug-likeness (QED) is 0.339. The van der Waals surface area contributed by atoms with Crippen LogP contribution in [0.2, 0.25) is 0 Å². The van der Waals surface area contributed by atoms with Crippen molar-refractivity contribution in [2.24, 2.45) is 13.0 Å². The number of aryl methyl sites for hydroxylation is 1. The Balaban J connectivity index is 1.38. The molecule has 3 aromatic rings. The molecule has 3 atom stereocenters. The molecule has 2 aromatic carbocycles. The average Bonchev–Trinajstić information content (AvgIpc) is 3.65. The summed E-state index contributed by atoms with van der Waals surface area (Å²) in [6.45, 7) is 3.99. The molecule has 0 fully saturated rings. The summed E-state index contributed by atoms with van der Waals surface area (Å²) in [7, 11) is -0.671. The van der Waals surface area contributed by atoms with E-state index in [1.165, 1.54) is 22.0 Å². The molecule has 5 rings (SSSR count). The summed E-state index contributed by atoms with van der Waals surface area (Å²) in [6.07, 6.45) is 2.12. The number of hydrogen-bond acceptors (Lipinski definition) is 9. The van der Waals surface area contributed by atoms with Crippen LogP contribution in [0.1, 0.15) is 19.4 Å². The molecule has 0 aliphatic carbocycles. The molecule has 0 bridgehead atoms. The summed E-state index contributed by atoms with van der Waals surface area (Å²) in [5, 5.41) is 12.6. The maximum absolute atomic E-state index is 13.5. The summed E-state index contributed by atoms with van der Waals surface area (Å²) in [5.41, 5.74) is 1.23. The molecule has 236 valence electrons. The molecule has 0 unspecified atom stereocenters. The van der Waals surface area contributed by atoms with Crippen molar-refractivity contribution in [3.63, 3.8) is 0 Å². The van der Waals surface area contributed by atoms with Gasteiger partial charge in [-0.25, -0.2) is 9.78 Å². The van der Waals surface area contributed by atoms with E-state index < -0.39 is 22.2 Å². The van der Waals surface area contributed by atoms with Gasteiger partial charge in [-0.15, -0.1) is 0 Å². The fourth-order valence-electron chi connectivity index (χ4n) is 4.99. The van der Waals surface area contributed by atoms with E-state index in [-0.39, 0.29) is 61.5 Å². The Hall–Kier alpha value is -4.50. The molecule has 0 saturated carbocycles. The number of amides is 3. The highest BCUT2D eigenvalue weighted by atomic mass is 32.2. The number of sulfonamides is 1. The van der Waals surface area contributed by atoms with Gasteiger partial charge in [-0.05, 0) is 37.3 Å². The number of imidazole rings is 1. The molecule has 15 heteroatoms. The summed E-state index contributed by atoms with van der Waals surface area (Å²) < 4.78 is 47.0. The van der Waals surface area contributed by atoms with Crippen LogP contribution in [-0.2, 0) is 28.3 Å². The van der Waals surface area contributed by atoms with Crippen molar-refractivity contribution in [1.29, 1.82) is 0 Å². The number of hydrogen-bond donors (Lipinski definition) is 3. The summed E-state index contributed by atoms with van der Waals surface area (Å²) >= 11 is 0. The topological polar surface area (TPSA) is 165 Å². The number of aliphatic hydroxyl groups is 1. The first-order chi connectivity index (χ1) is 20.9. The van der Waals surface area contributed by atoms with E-state index in [0.717, 1.165) is 0 Å². The third-order valence-corrected chi connectivity index (χ3v) is 8.82. The number of likely N-dealkylation sites (N-methyl/N-ethyl adjacent to an activating group) is 1. The Kier molecular flexibility index (Phi) is 8.87. The largest absolute Gasteiger partial charge is 0.488 e. The standard InChI is InChI=1S/C29H36N6O8S/c1-18-12-35(19(2)15-36)28(37)10-20-9-22(32-44(39,40)27-14-33(3)16-30-27)6-7-23(20)43-26(18)13-34(4)29(38)31-21-5-8-24-25(11-21)42-17-41-24/h5-9,11,14,16,18-19,26,32,36H,10,12-13,15,17H2,1-4H3,(H,31,38)/t18-,19+,26+/m0/s1. The van der Waals surface area contributed by atoms with Gasteiger partial charge in [-0.3, -0.25) is 9.52 Å². The van der Waals surface area contributed by atoms with E-state index in [9.17, 15) is 23.1 Å². The van der Waals surface area contributed by atoms with E-state index in [1.807, 2.05) is 6.92 Å².